The monoisotopic (exact) mass is 394 g/mol. The first-order valence-electron chi connectivity index (χ1n) is 10.2. The number of benzene rings is 3. The van der Waals surface area contributed by atoms with Crippen molar-refractivity contribution in [1.82, 2.24) is 4.98 Å². The topological polar surface area (TPSA) is 53.2 Å². The van der Waals surface area contributed by atoms with Crippen molar-refractivity contribution in [1.29, 1.82) is 0 Å². The van der Waals surface area contributed by atoms with Crippen LogP contribution in [0.3, 0.4) is 0 Å². The van der Waals surface area contributed by atoms with Crippen LogP contribution in [-0.2, 0) is 17.6 Å². The molecule has 148 valence electrons. The number of nitrogens with one attached hydrogen (secondary N) is 1. The van der Waals surface area contributed by atoms with E-state index >= 15 is 0 Å². The standard InChI is InChI=1S/C26H22N2O2/c1-17-14-18(15-25(29)28-13-12-19-6-2-5-9-24(19)28)10-11-20(17)23-16-27-26(30)22-8-4-3-7-21(22)23/h2-11,14,16H,12-13,15H2,1H3,(H,27,30). The average molecular weight is 394 g/mol. The van der Waals surface area contributed by atoms with Crippen LogP contribution in [0.5, 0.6) is 0 Å². The predicted molar refractivity (Wildman–Crippen MR) is 121 cm³/mol. The molecule has 4 aromatic rings. The number of carbonyl (C=O) groups excluding carboxylic acids is 1. The highest BCUT2D eigenvalue weighted by atomic mass is 16.2. The van der Waals surface area contributed by atoms with E-state index in [0.717, 1.165) is 46.3 Å². The molecule has 5 rings (SSSR count). The number of aryl methyl sites for hydroxylation is 1. The van der Waals surface area contributed by atoms with E-state index in [1.165, 1.54) is 5.56 Å². The van der Waals surface area contributed by atoms with Gasteiger partial charge >= 0.3 is 0 Å². The van der Waals surface area contributed by atoms with Gasteiger partial charge in [-0.2, -0.15) is 0 Å². The first-order valence-corrected chi connectivity index (χ1v) is 10.2. The lowest BCUT2D eigenvalue weighted by atomic mass is 9.95. The molecule has 0 unspecified atom stereocenters. The average Bonchev–Trinajstić information content (AvgIpc) is 3.19. The molecule has 1 aliphatic rings. The van der Waals surface area contributed by atoms with Crippen molar-refractivity contribution in [3.8, 4) is 11.1 Å². The van der Waals surface area contributed by atoms with Gasteiger partial charge < -0.3 is 9.88 Å². The second-order valence-corrected chi connectivity index (χ2v) is 7.83. The van der Waals surface area contributed by atoms with Crippen molar-refractivity contribution in [2.24, 2.45) is 0 Å². The molecule has 4 nitrogen and oxygen atoms in total. The van der Waals surface area contributed by atoms with Gasteiger partial charge in [-0.1, -0.05) is 54.6 Å². The third-order valence-electron chi connectivity index (χ3n) is 5.93. The molecule has 0 saturated heterocycles. The minimum atomic E-state index is -0.0832. The van der Waals surface area contributed by atoms with Gasteiger partial charge in [0, 0.05) is 29.4 Å². The molecule has 1 aromatic heterocycles. The van der Waals surface area contributed by atoms with Gasteiger partial charge in [-0.25, -0.2) is 0 Å². The number of anilines is 1. The van der Waals surface area contributed by atoms with Crippen molar-refractivity contribution in [2.45, 2.75) is 19.8 Å². The van der Waals surface area contributed by atoms with Crippen molar-refractivity contribution < 1.29 is 4.79 Å². The fourth-order valence-corrected chi connectivity index (χ4v) is 4.44. The molecule has 1 aliphatic heterocycles. The molecule has 0 bridgehead atoms. The number of amides is 1. The zero-order chi connectivity index (χ0) is 20.7. The molecule has 1 amide bonds. The Morgan fingerprint density at radius 2 is 1.73 bits per heavy atom. The molecule has 0 aliphatic carbocycles. The summed E-state index contributed by atoms with van der Waals surface area (Å²) in [5, 5.41) is 1.61. The largest absolute Gasteiger partial charge is 0.328 e. The molecular weight excluding hydrogens is 372 g/mol. The van der Waals surface area contributed by atoms with E-state index in [0.29, 0.717) is 11.8 Å². The summed E-state index contributed by atoms with van der Waals surface area (Å²) in [5.74, 6) is 0.126. The Kier molecular flexibility index (Phi) is 4.47. The molecule has 3 aromatic carbocycles. The van der Waals surface area contributed by atoms with Crippen LogP contribution in [-0.4, -0.2) is 17.4 Å². The number of aromatic nitrogens is 1. The third-order valence-corrected chi connectivity index (χ3v) is 5.93. The second-order valence-electron chi connectivity index (χ2n) is 7.83. The lowest BCUT2D eigenvalue weighted by Crippen LogP contribution is -2.30. The minimum absolute atomic E-state index is 0.0832. The summed E-state index contributed by atoms with van der Waals surface area (Å²) in [6.45, 7) is 2.80. The normalized spacial score (nSPS) is 12.9. The van der Waals surface area contributed by atoms with Crippen molar-refractivity contribution in [3.63, 3.8) is 0 Å². The van der Waals surface area contributed by atoms with Crippen molar-refractivity contribution >= 4 is 22.4 Å². The van der Waals surface area contributed by atoms with E-state index in [1.807, 2.05) is 60.4 Å². The maximum Gasteiger partial charge on any atom is 0.255 e. The molecule has 2 heterocycles. The molecular formula is C26H22N2O2. The Bertz CT molecular complexity index is 1340. The fraction of sp³-hybridized carbons (Fsp3) is 0.154. The first-order chi connectivity index (χ1) is 14.6. The Morgan fingerprint density at radius 1 is 0.967 bits per heavy atom. The smallest absolute Gasteiger partial charge is 0.255 e. The lowest BCUT2D eigenvalue weighted by molar-refractivity contribution is -0.117. The second kappa shape index (κ2) is 7.30. The van der Waals surface area contributed by atoms with Gasteiger partial charge in [0.15, 0.2) is 0 Å². The molecule has 0 radical (unpaired) electrons. The van der Waals surface area contributed by atoms with Gasteiger partial charge in [-0.15, -0.1) is 0 Å². The molecule has 0 saturated carbocycles. The number of pyridine rings is 1. The first kappa shape index (κ1) is 18.4. The molecule has 0 fully saturated rings. The number of hydrogen-bond donors (Lipinski definition) is 1. The number of hydrogen-bond acceptors (Lipinski definition) is 2. The molecule has 0 spiro atoms. The van der Waals surface area contributed by atoms with Crippen LogP contribution in [0.4, 0.5) is 5.69 Å². The van der Waals surface area contributed by atoms with Crippen molar-refractivity contribution in [3.05, 3.63) is 100.0 Å². The van der Waals surface area contributed by atoms with Crippen LogP contribution in [0.1, 0.15) is 16.7 Å². The quantitative estimate of drug-likeness (QED) is 0.551. The summed E-state index contributed by atoms with van der Waals surface area (Å²) in [4.78, 5) is 29.8. The molecule has 30 heavy (non-hydrogen) atoms. The highest BCUT2D eigenvalue weighted by molar-refractivity contribution is 5.98. The Balaban J connectivity index is 1.45. The van der Waals surface area contributed by atoms with Crippen LogP contribution in [0, 0.1) is 6.92 Å². The van der Waals surface area contributed by atoms with E-state index in [2.05, 4.69) is 23.2 Å². The highest BCUT2D eigenvalue weighted by Crippen LogP contribution is 2.31. The van der Waals surface area contributed by atoms with Gasteiger partial charge in [0.1, 0.15) is 0 Å². The van der Waals surface area contributed by atoms with Crippen LogP contribution < -0.4 is 10.5 Å². The van der Waals surface area contributed by atoms with Crippen LogP contribution in [0.2, 0.25) is 0 Å². The Morgan fingerprint density at radius 3 is 2.57 bits per heavy atom. The number of para-hydroxylation sites is 1. The number of aromatic amines is 1. The maximum absolute atomic E-state index is 12.9. The van der Waals surface area contributed by atoms with Gasteiger partial charge in [-0.05, 0) is 53.1 Å². The van der Waals surface area contributed by atoms with Crippen LogP contribution in [0.15, 0.2) is 77.7 Å². The minimum Gasteiger partial charge on any atom is -0.328 e. The fourth-order valence-electron chi connectivity index (χ4n) is 4.44. The third kappa shape index (κ3) is 3.11. The van der Waals surface area contributed by atoms with Gasteiger partial charge in [-0.3, -0.25) is 9.59 Å². The summed E-state index contributed by atoms with van der Waals surface area (Å²) in [6, 6.07) is 21.9. The van der Waals surface area contributed by atoms with E-state index < -0.39 is 0 Å². The van der Waals surface area contributed by atoms with Crippen LogP contribution >= 0.6 is 0 Å². The number of rotatable bonds is 3. The summed E-state index contributed by atoms with van der Waals surface area (Å²) < 4.78 is 0. The van der Waals surface area contributed by atoms with E-state index in [1.54, 1.807) is 6.20 Å². The molecule has 4 heteroatoms. The number of H-pyrrole nitrogens is 1. The summed E-state index contributed by atoms with van der Waals surface area (Å²) in [6.07, 6.45) is 3.07. The van der Waals surface area contributed by atoms with Crippen molar-refractivity contribution in [2.75, 3.05) is 11.4 Å². The number of fused-ring (bicyclic) bond motifs is 2. The van der Waals surface area contributed by atoms with Crippen LogP contribution in [0.25, 0.3) is 21.9 Å². The van der Waals surface area contributed by atoms with Gasteiger partial charge in [0.25, 0.3) is 5.56 Å². The van der Waals surface area contributed by atoms with Gasteiger partial charge in [0.2, 0.25) is 5.91 Å². The van der Waals surface area contributed by atoms with Gasteiger partial charge in [0.05, 0.1) is 6.42 Å². The number of carbonyl (C=O) groups is 1. The Labute approximate surface area is 174 Å². The Hall–Kier alpha value is -3.66. The molecule has 0 atom stereocenters. The van der Waals surface area contributed by atoms with E-state index in [4.69, 9.17) is 0 Å². The summed E-state index contributed by atoms with van der Waals surface area (Å²) in [7, 11) is 0. The lowest BCUT2D eigenvalue weighted by Gasteiger charge is -2.18. The summed E-state index contributed by atoms with van der Waals surface area (Å²) >= 11 is 0. The predicted octanol–water partition coefficient (Wildman–Crippen LogP) is 4.64. The van der Waals surface area contributed by atoms with E-state index in [9.17, 15) is 9.59 Å². The zero-order valence-electron chi connectivity index (χ0n) is 16.8. The molecule has 1 N–H and O–H groups in total. The SMILES string of the molecule is Cc1cc(CC(=O)N2CCc3ccccc32)ccc1-c1c[nH]c(=O)c2ccccc12. The zero-order valence-corrected chi connectivity index (χ0v) is 16.8. The highest BCUT2D eigenvalue weighted by Gasteiger charge is 2.24. The summed E-state index contributed by atoms with van der Waals surface area (Å²) in [5.41, 5.74) is 6.33. The number of nitrogens with zero attached hydrogens (tertiary/aromatic N) is 1. The maximum atomic E-state index is 12.9. The van der Waals surface area contributed by atoms with E-state index in [-0.39, 0.29) is 11.5 Å².